The van der Waals surface area contributed by atoms with Crippen molar-refractivity contribution in [3.05, 3.63) is 78.4 Å². The summed E-state index contributed by atoms with van der Waals surface area (Å²) in [6.45, 7) is 2.00. The topological polar surface area (TPSA) is 113 Å². The number of benzene rings is 3. The number of carbonyl (C=O) groups is 1. The van der Waals surface area contributed by atoms with Crippen LogP contribution in [0.4, 0.5) is 17.1 Å². The summed E-state index contributed by atoms with van der Waals surface area (Å²) in [5.41, 5.74) is 2.17. The van der Waals surface area contributed by atoms with Gasteiger partial charge in [-0.1, -0.05) is 18.2 Å². The summed E-state index contributed by atoms with van der Waals surface area (Å²) < 4.78 is 55.6. The Morgan fingerprint density at radius 1 is 0.781 bits per heavy atom. The third kappa shape index (κ3) is 4.46. The van der Waals surface area contributed by atoms with E-state index in [1.54, 1.807) is 47.4 Å². The molecule has 0 saturated carbocycles. The zero-order chi connectivity index (χ0) is 22.9. The fraction of sp³-hybridized carbons (Fsp3) is 0.136. The SMILES string of the molecule is CC(=O)N1CCc2cc(S(=O)(=O)Nc3ccc(S(=O)(=O)Nc4ccccc4)cc3)ccc21. The predicted octanol–water partition coefficient (Wildman–Crippen LogP) is 3.20. The summed E-state index contributed by atoms with van der Waals surface area (Å²) in [5.74, 6) is -0.0886. The maximum atomic E-state index is 12.8. The Balaban J connectivity index is 1.51. The summed E-state index contributed by atoms with van der Waals surface area (Å²) in [7, 11) is -7.69. The Bertz CT molecular complexity index is 1370. The van der Waals surface area contributed by atoms with Crippen molar-refractivity contribution < 1.29 is 21.6 Å². The molecule has 0 unspecified atom stereocenters. The Morgan fingerprint density at radius 2 is 1.34 bits per heavy atom. The van der Waals surface area contributed by atoms with Crippen molar-refractivity contribution >= 4 is 43.0 Å². The van der Waals surface area contributed by atoms with Gasteiger partial charge >= 0.3 is 0 Å². The minimum atomic E-state index is -3.89. The molecule has 32 heavy (non-hydrogen) atoms. The third-order valence-electron chi connectivity index (χ3n) is 5.08. The largest absolute Gasteiger partial charge is 0.312 e. The number of rotatable bonds is 6. The molecule has 0 aliphatic carbocycles. The first-order chi connectivity index (χ1) is 15.2. The molecule has 0 fully saturated rings. The second-order valence-corrected chi connectivity index (χ2v) is 10.7. The van der Waals surface area contributed by atoms with Crippen LogP contribution in [0.15, 0.2) is 82.6 Å². The lowest BCUT2D eigenvalue weighted by Crippen LogP contribution is -2.25. The van der Waals surface area contributed by atoms with E-state index in [2.05, 4.69) is 9.44 Å². The highest BCUT2D eigenvalue weighted by atomic mass is 32.2. The average molecular weight is 472 g/mol. The molecule has 2 N–H and O–H groups in total. The molecule has 1 aliphatic rings. The van der Waals surface area contributed by atoms with Crippen LogP contribution in [0.25, 0.3) is 0 Å². The van der Waals surface area contributed by atoms with Gasteiger partial charge in [-0.2, -0.15) is 0 Å². The molecule has 8 nitrogen and oxygen atoms in total. The fourth-order valence-corrected chi connectivity index (χ4v) is 5.68. The Labute approximate surface area is 187 Å². The van der Waals surface area contributed by atoms with E-state index in [0.29, 0.717) is 18.7 Å². The zero-order valence-corrected chi connectivity index (χ0v) is 18.8. The Hall–Kier alpha value is -3.37. The monoisotopic (exact) mass is 471 g/mol. The molecule has 3 aromatic carbocycles. The minimum Gasteiger partial charge on any atom is -0.312 e. The van der Waals surface area contributed by atoms with Crippen LogP contribution < -0.4 is 14.3 Å². The highest BCUT2D eigenvalue weighted by Gasteiger charge is 2.25. The third-order valence-corrected chi connectivity index (χ3v) is 7.86. The van der Waals surface area contributed by atoms with E-state index >= 15 is 0 Å². The highest BCUT2D eigenvalue weighted by Crippen LogP contribution is 2.31. The first kappa shape index (κ1) is 21.8. The van der Waals surface area contributed by atoms with E-state index in [1.807, 2.05) is 0 Å². The second-order valence-electron chi connectivity index (χ2n) is 7.31. The van der Waals surface area contributed by atoms with Gasteiger partial charge in [0.2, 0.25) is 5.91 Å². The lowest BCUT2D eigenvalue weighted by Gasteiger charge is -2.15. The molecular formula is C22H21N3O5S2. The summed E-state index contributed by atoms with van der Waals surface area (Å²) in [6.07, 6.45) is 0.583. The number of fused-ring (bicyclic) bond motifs is 1. The van der Waals surface area contributed by atoms with Crippen LogP contribution in [0, 0.1) is 0 Å². The molecular weight excluding hydrogens is 450 g/mol. The van der Waals surface area contributed by atoms with Gasteiger partial charge in [0.1, 0.15) is 0 Å². The van der Waals surface area contributed by atoms with Gasteiger partial charge in [0.15, 0.2) is 0 Å². The number of amides is 1. The first-order valence-corrected chi connectivity index (χ1v) is 12.7. The molecule has 0 aromatic heterocycles. The number of hydrogen-bond donors (Lipinski definition) is 2. The molecule has 0 radical (unpaired) electrons. The molecule has 3 aromatic rings. The average Bonchev–Trinajstić information content (AvgIpc) is 3.18. The van der Waals surface area contributed by atoms with Crippen LogP contribution in [0.3, 0.4) is 0 Å². The van der Waals surface area contributed by atoms with Crippen LogP contribution in [-0.2, 0) is 31.3 Å². The fourth-order valence-electron chi connectivity index (χ4n) is 3.51. The number of nitrogens with one attached hydrogen (secondary N) is 2. The molecule has 1 aliphatic heterocycles. The van der Waals surface area contributed by atoms with Gasteiger partial charge in [0.25, 0.3) is 20.0 Å². The number of hydrogen-bond acceptors (Lipinski definition) is 5. The van der Waals surface area contributed by atoms with Crippen molar-refractivity contribution in [1.82, 2.24) is 0 Å². The van der Waals surface area contributed by atoms with Gasteiger partial charge in [-0.3, -0.25) is 14.2 Å². The van der Waals surface area contributed by atoms with E-state index in [4.69, 9.17) is 0 Å². The van der Waals surface area contributed by atoms with Crippen molar-refractivity contribution in [2.24, 2.45) is 0 Å². The van der Waals surface area contributed by atoms with Gasteiger partial charge < -0.3 is 4.90 Å². The summed E-state index contributed by atoms with van der Waals surface area (Å²) in [6, 6.07) is 18.5. The molecule has 166 valence electrons. The predicted molar refractivity (Wildman–Crippen MR) is 123 cm³/mol. The van der Waals surface area contributed by atoms with Crippen molar-refractivity contribution in [2.75, 3.05) is 20.9 Å². The molecule has 0 atom stereocenters. The number of anilines is 3. The molecule has 0 spiro atoms. The zero-order valence-electron chi connectivity index (χ0n) is 17.1. The Morgan fingerprint density at radius 3 is 1.97 bits per heavy atom. The van der Waals surface area contributed by atoms with Crippen LogP contribution in [0.5, 0.6) is 0 Å². The van der Waals surface area contributed by atoms with Crippen LogP contribution in [0.1, 0.15) is 12.5 Å². The van der Waals surface area contributed by atoms with Crippen LogP contribution in [-0.4, -0.2) is 29.3 Å². The van der Waals surface area contributed by atoms with Crippen molar-refractivity contribution in [1.29, 1.82) is 0 Å². The number of sulfonamides is 2. The molecule has 1 amide bonds. The smallest absolute Gasteiger partial charge is 0.261 e. The first-order valence-electron chi connectivity index (χ1n) is 9.77. The second kappa shape index (κ2) is 8.29. The maximum Gasteiger partial charge on any atom is 0.261 e. The van der Waals surface area contributed by atoms with E-state index in [1.165, 1.54) is 37.3 Å². The number of nitrogens with zero attached hydrogens (tertiary/aromatic N) is 1. The van der Waals surface area contributed by atoms with Gasteiger partial charge in [0, 0.05) is 30.5 Å². The summed E-state index contributed by atoms with van der Waals surface area (Å²) in [5, 5.41) is 0. The lowest BCUT2D eigenvalue weighted by molar-refractivity contribution is -0.116. The Kier molecular flexibility index (Phi) is 5.66. The van der Waals surface area contributed by atoms with E-state index in [9.17, 15) is 21.6 Å². The summed E-state index contributed by atoms with van der Waals surface area (Å²) >= 11 is 0. The van der Waals surface area contributed by atoms with E-state index < -0.39 is 20.0 Å². The van der Waals surface area contributed by atoms with Crippen LogP contribution in [0.2, 0.25) is 0 Å². The van der Waals surface area contributed by atoms with Gasteiger partial charge in [-0.25, -0.2) is 16.8 Å². The number of para-hydroxylation sites is 1. The standard InChI is InChI=1S/C22H21N3O5S2/c1-16(26)25-14-13-17-15-21(11-12-22(17)25)32(29,30)24-19-7-9-20(10-8-19)31(27,28)23-18-5-3-2-4-6-18/h2-12,15,23-24H,13-14H2,1H3. The minimum absolute atomic E-state index is 0.00570. The van der Waals surface area contributed by atoms with Crippen molar-refractivity contribution in [3.63, 3.8) is 0 Å². The van der Waals surface area contributed by atoms with Gasteiger partial charge in [-0.15, -0.1) is 0 Å². The quantitative estimate of drug-likeness (QED) is 0.573. The molecule has 10 heteroatoms. The molecule has 0 saturated heterocycles. The lowest BCUT2D eigenvalue weighted by atomic mass is 10.2. The van der Waals surface area contributed by atoms with E-state index in [-0.39, 0.29) is 21.4 Å². The van der Waals surface area contributed by atoms with Crippen molar-refractivity contribution in [2.45, 2.75) is 23.1 Å². The normalized spacial score (nSPS) is 13.5. The summed E-state index contributed by atoms with van der Waals surface area (Å²) in [4.78, 5) is 13.4. The van der Waals surface area contributed by atoms with Crippen molar-refractivity contribution in [3.8, 4) is 0 Å². The maximum absolute atomic E-state index is 12.8. The number of carbonyl (C=O) groups excluding carboxylic acids is 1. The van der Waals surface area contributed by atoms with E-state index in [0.717, 1.165) is 11.3 Å². The van der Waals surface area contributed by atoms with Crippen LogP contribution >= 0.6 is 0 Å². The van der Waals surface area contributed by atoms with Gasteiger partial charge in [-0.05, 0) is 66.6 Å². The van der Waals surface area contributed by atoms with Gasteiger partial charge in [0.05, 0.1) is 9.79 Å². The molecule has 0 bridgehead atoms. The molecule has 1 heterocycles. The highest BCUT2D eigenvalue weighted by molar-refractivity contribution is 7.93. The molecule has 4 rings (SSSR count).